The molecular weight excluding hydrogens is 314 g/mol. The number of fused-ring (bicyclic) bond motifs is 1. The van der Waals surface area contributed by atoms with Gasteiger partial charge >= 0.3 is 0 Å². The Hall–Kier alpha value is -2.02. The largest absolute Gasteiger partial charge is 0.390 e. The molecule has 6 nitrogen and oxygen atoms in total. The molecule has 0 aliphatic carbocycles. The fourth-order valence-corrected chi connectivity index (χ4v) is 3.47. The van der Waals surface area contributed by atoms with Crippen LogP contribution in [-0.2, 0) is 6.54 Å². The molecule has 23 heavy (non-hydrogen) atoms. The summed E-state index contributed by atoms with van der Waals surface area (Å²) in [7, 11) is 0. The number of hydrogen-bond donors (Lipinski definition) is 1. The molecule has 0 spiro atoms. The van der Waals surface area contributed by atoms with Gasteiger partial charge in [-0.2, -0.15) is 0 Å². The van der Waals surface area contributed by atoms with E-state index in [4.69, 9.17) is 11.6 Å². The van der Waals surface area contributed by atoms with Crippen molar-refractivity contribution in [1.29, 1.82) is 0 Å². The Labute approximate surface area is 138 Å². The highest BCUT2D eigenvalue weighted by Gasteiger charge is 2.33. The Kier molecular flexibility index (Phi) is 3.72. The Bertz CT molecular complexity index is 822. The molecule has 0 amide bonds. The van der Waals surface area contributed by atoms with Crippen molar-refractivity contribution in [3.8, 4) is 0 Å². The van der Waals surface area contributed by atoms with Crippen LogP contribution in [0.3, 0.4) is 0 Å². The van der Waals surface area contributed by atoms with Gasteiger partial charge in [0, 0.05) is 42.4 Å². The number of aromatic nitrogens is 4. The molecule has 2 atom stereocenters. The molecule has 0 unspecified atom stereocenters. The van der Waals surface area contributed by atoms with Crippen molar-refractivity contribution in [2.24, 2.45) is 0 Å². The van der Waals surface area contributed by atoms with Crippen LogP contribution in [-0.4, -0.2) is 49.2 Å². The van der Waals surface area contributed by atoms with E-state index in [-0.39, 0.29) is 6.04 Å². The lowest BCUT2D eigenvalue weighted by Gasteiger charge is -2.17. The van der Waals surface area contributed by atoms with Gasteiger partial charge in [0.05, 0.1) is 23.9 Å². The Morgan fingerprint density at radius 2 is 2.17 bits per heavy atom. The SMILES string of the molecule is O[C@@H]1CN(Cc2cc(Cl)cc3cccnc23)C[C@H]1n1ccnn1. The zero-order valence-corrected chi connectivity index (χ0v) is 13.1. The minimum atomic E-state index is -0.463. The molecule has 1 aromatic carbocycles. The first-order valence-corrected chi connectivity index (χ1v) is 7.88. The number of aliphatic hydroxyl groups is 1. The summed E-state index contributed by atoms with van der Waals surface area (Å²) in [6.45, 7) is 1.99. The monoisotopic (exact) mass is 329 g/mol. The van der Waals surface area contributed by atoms with Gasteiger partial charge in [-0.05, 0) is 23.8 Å². The summed E-state index contributed by atoms with van der Waals surface area (Å²) in [6, 6.07) is 7.71. The number of hydrogen-bond acceptors (Lipinski definition) is 5. The van der Waals surface area contributed by atoms with Gasteiger partial charge in [-0.1, -0.05) is 22.9 Å². The topological polar surface area (TPSA) is 67.1 Å². The second-order valence-electron chi connectivity index (χ2n) is 5.85. The van der Waals surface area contributed by atoms with Crippen molar-refractivity contribution in [2.45, 2.75) is 18.7 Å². The smallest absolute Gasteiger partial charge is 0.0935 e. The molecule has 0 saturated carbocycles. The Morgan fingerprint density at radius 1 is 1.26 bits per heavy atom. The summed E-state index contributed by atoms with van der Waals surface area (Å²) in [5.74, 6) is 0. The maximum absolute atomic E-state index is 10.3. The highest BCUT2D eigenvalue weighted by molar-refractivity contribution is 6.31. The number of nitrogens with zero attached hydrogens (tertiary/aromatic N) is 5. The number of likely N-dealkylation sites (tertiary alicyclic amines) is 1. The van der Waals surface area contributed by atoms with Crippen LogP contribution in [0.5, 0.6) is 0 Å². The van der Waals surface area contributed by atoms with Gasteiger partial charge in [0.1, 0.15) is 0 Å². The second-order valence-corrected chi connectivity index (χ2v) is 6.29. The lowest BCUT2D eigenvalue weighted by atomic mass is 10.1. The minimum Gasteiger partial charge on any atom is -0.390 e. The third-order valence-corrected chi connectivity index (χ3v) is 4.48. The predicted octanol–water partition coefficient (Wildman–Crippen LogP) is 1.90. The van der Waals surface area contributed by atoms with Gasteiger partial charge in [0.2, 0.25) is 0 Å². The number of rotatable bonds is 3. The van der Waals surface area contributed by atoms with Gasteiger partial charge in [-0.3, -0.25) is 9.88 Å². The predicted molar refractivity (Wildman–Crippen MR) is 87.1 cm³/mol. The zero-order valence-electron chi connectivity index (χ0n) is 12.4. The van der Waals surface area contributed by atoms with Crippen LogP contribution in [0.1, 0.15) is 11.6 Å². The summed E-state index contributed by atoms with van der Waals surface area (Å²) in [6.07, 6.45) is 4.74. The second kappa shape index (κ2) is 5.88. The van der Waals surface area contributed by atoms with Crippen LogP contribution >= 0.6 is 11.6 Å². The molecule has 1 fully saturated rings. The molecule has 1 N–H and O–H groups in total. The van der Waals surface area contributed by atoms with E-state index in [0.29, 0.717) is 24.7 Å². The van der Waals surface area contributed by atoms with Crippen LogP contribution in [0.25, 0.3) is 10.9 Å². The van der Waals surface area contributed by atoms with E-state index in [2.05, 4.69) is 20.2 Å². The van der Waals surface area contributed by atoms with Crippen molar-refractivity contribution in [2.75, 3.05) is 13.1 Å². The normalized spacial score (nSPS) is 22.0. The molecule has 0 radical (unpaired) electrons. The zero-order chi connectivity index (χ0) is 15.8. The standard InChI is InChI=1S/C16H16ClN5O/c17-13-6-11-2-1-3-18-16(11)12(7-13)8-21-9-14(15(23)10-21)22-5-4-19-20-22/h1-7,14-15,23H,8-10H2/t14-,15-/m1/s1. The first-order chi connectivity index (χ1) is 11.2. The summed E-state index contributed by atoms with van der Waals surface area (Å²) in [5, 5.41) is 19.9. The maximum atomic E-state index is 10.3. The molecule has 1 aliphatic rings. The molecule has 1 saturated heterocycles. The third-order valence-electron chi connectivity index (χ3n) is 4.26. The number of benzene rings is 1. The molecule has 2 aromatic heterocycles. The van der Waals surface area contributed by atoms with Crippen LogP contribution in [0.2, 0.25) is 5.02 Å². The number of aliphatic hydroxyl groups excluding tert-OH is 1. The quantitative estimate of drug-likeness (QED) is 0.795. The van der Waals surface area contributed by atoms with E-state index in [1.807, 2.05) is 24.3 Å². The summed E-state index contributed by atoms with van der Waals surface area (Å²) >= 11 is 6.23. The van der Waals surface area contributed by atoms with Crippen molar-refractivity contribution < 1.29 is 5.11 Å². The molecule has 4 rings (SSSR count). The van der Waals surface area contributed by atoms with E-state index < -0.39 is 6.10 Å². The lowest BCUT2D eigenvalue weighted by Crippen LogP contribution is -2.22. The highest BCUT2D eigenvalue weighted by Crippen LogP contribution is 2.27. The number of halogens is 1. The highest BCUT2D eigenvalue weighted by atomic mass is 35.5. The Morgan fingerprint density at radius 3 is 3.00 bits per heavy atom. The molecule has 7 heteroatoms. The van der Waals surface area contributed by atoms with Crippen molar-refractivity contribution in [3.05, 3.63) is 53.4 Å². The average Bonchev–Trinajstić information content (AvgIpc) is 3.16. The molecule has 3 aromatic rings. The Balaban J connectivity index is 1.60. The minimum absolute atomic E-state index is 0.0732. The van der Waals surface area contributed by atoms with Gasteiger partial charge in [-0.25, -0.2) is 4.68 Å². The van der Waals surface area contributed by atoms with Gasteiger partial charge < -0.3 is 5.11 Å². The summed E-state index contributed by atoms with van der Waals surface area (Å²) in [5.41, 5.74) is 2.02. The van der Waals surface area contributed by atoms with E-state index in [1.54, 1.807) is 23.3 Å². The van der Waals surface area contributed by atoms with Crippen molar-refractivity contribution in [1.82, 2.24) is 24.9 Å². The van der Waals surface area contributed by atoms with Crippen LogP contribution in [0.15, 0.2) is 42.9 Å². The molecule has 118 valence electrons. The van der Waals surface area contributed by atoms with Gasteiger partial charge in [0.25, 0.3) is 0 Å². The van der Waals surface area contributed by atoms with Crippen LogP contribution in [0, 0.1) is 0 Å². The fourth-order valence-electron chi connectivity index (χ4n) is 3.22. The summed E-state index contributed by atoms with van der Waals surface area (Å²) in [4.78, 5) is 6.67. The lowest BCUT2D eigenvalue weighted by molar-refractivity contribution is 0.138. The van der Waals surface area contributed by atoms with Crippen molar-refractivity contribution >= 4 is 22.5 Å². The number of pyridine rings is 1. The fraction of sp³-hybridized carbons (Fsp3) is 0.312. The molecular formula is C16H16ClN5O. The van der Waals surface area contributed by atoms with E-state index >= 15 is 0 Å². The maximum Gasteiger partial charge on any atom is 0.0935 e. The van der Waals surface area contributed by atoms with Crippen LogP contribution < -0.4 is 0 Å². The van der Waals surface area contributed by atoms with Crippen LogP contribution in [0.4, 0.5) is 0 Å². The van der Waals surface area contributed by atoms with E-state index in [1.165, 1.54) is 0 Å². The average molecular weight is 330 g/mol. The van der Waals surface area contributed by atoms with Gasteiger partial charge in [-0.15, -0.1) is 5.10 Å². The first-order valence-electron chi connectivity index (χ1n) is 7.50. The van der Waals surface area contributed by atoms with E-state index in [9.17, 15) is 5.11 Å². The molecule has 0 bridgehead atoms. The summed E-state index contributed by atoms with van der Waals surface area (Å²) < 4.78 is 1.72. The first kappa shape index (κ1) is 14.6. The van der Waals surface area contributed by atoms with Crippen molar-refractivity contribution in [3.63, 3.8) is 0 Å². The third kappa shape index (κ3) is 2.81. The molecule has 1 aliphatic heterocycles. The molecule has 3 heterocycles. The van der Waals surface area contributed by atoms with E-state index in [0.717, 1.165) is 16.5 Å². The number of β-amino-alcohol motifs (C(OH)–C–C–N with tert-alkyl or cyclic N) is 1. The van der Waals surface area contributed by atoms with Gasteiger partial charge in [0.15, 0.2) is 0 Å².